The molecule has 7 heteroatoms. The van der Waals surface area contributed by atoms with Crippen LogP contribution in [0.2, 0.25) is 0 Å². The van der Waals surface area contributed by atoms with Crippen LogP contribution in [-0.4, -0.2) is 46.5 Å². The van der Waals surface area contributed by atoms with E-state index in [1.54, 1.807) is 0 Å². The Hall–Kier alpha value is -1.50. The van der Waals surface area contributed by atoms with Crippen LogP contribution in [0, 0.1) is 23.7 Å². The van der Waals surface area contributed by atoms with Gasteiger partial charge < -0.3 is 15.7 Å². The lowest BCUT2D eigenvalue weighted by Crippen LogP contribution is -2.52. The molecule has 0 fully saturated rings. The molecule has 2 amide bonds. The predicted octanol–water partition coefficient (Wildman–Crippen LogP) is 7.23. The normalized spacial score (nSPS) is 15.3. The minimum atomic E-state index is -1.06. The molecule has 0 bridgehead atoms. The van der Waals surface area contributed by atoms with Crippen LogP contribution in [0.3, 0.4) is 0 Å². The number of hydrogen-bond acceptors (Lipinski definition) is 4. The largest absolute Gasteiger partial charge is 0.480 e. The molecule has 4 unspecified atom stereocenters. The first-order valence-corrected chi connectivity index (χ1v) is 16.0. The lowest BCUT2D eigenvalue weighted by Gasteiger charge is -2.22. The second-order valence-electron chi connectivity index (χ2n) is 12.2. The van der Waals surface area contributed by atoms with E-state index in [1.807, 2.05) is 13.8 Å². The molecule has 222 valence electrons. The van der Waals surface area contributed by atoms with Gasteiger partial charge in [0.05, 0.1) is 0 Å². The van der Waals surface area contributed by atoms with E-state index >= 15 is 0 Å². The summed E-state index contributed by atoms with van der Waals surface area (Å²) < 4.78 is 0. The number of rotatable bonds is 22. The van der Waals surface area contributed by atoms with Gasteiger partial charge >= 0.3 is 5.97 Å². The predicted molar refractivity (Wildman–Crippen MR) is 162 cm³/mol. The highest BCUT2D eigenvalue weighted by molar-refractivity contribution is 7.99. The Morgan fingerprint density at radius 1 is 0.763 bits per heavy atom. The van der Waals surface area contributed by atoms with Gasteiger partial charge in [0.2, 0.25) is 11.8 Å². The Morgan fingerprint density at radius 3 is 1.82 bits per heavy atom. The molecule has 6 nitrogen and oxygen atoms in total. The standard InChI is InChI=1S/C31H58N2O4S/c1-22(2)12-9-13-24(5)14-10-15-25(6)16-11-17-26(7)18-19-38-21-29(31(36)37)33-30(35)28(20-23(3)4)32-27(8)34/h18,22-25,28-29H,9-17,19-21H2,1-8H3,(H,32,34)(H,33,35)(H,36,37)/b26-18+. The quantitative estimate of drug-likeness (QED) is 0.0969. The summed E-state index contributed by atoms with van der Waals surface area (Å²) >= 11 is 1.50. The fourth-order valence-corrected chi connectivity index (χ4v) is 5.59. The third kappa shape index (κ3) is 20.5. The van der Waals surface area contributed by atoms with Gasteiger partial charge in [-0.1, -0.05) is 98.1 Å². The summed E-state index contributed by atoms with van der Waals surface area (Å²) in [4.78, 5) is 35.7. The first-order valence-electron chi connectivity index (χ1n) is 14.8. The van der Waals surface area contributed by atoms with E-state index in [0.29, 0.717) is 6.42 Å². The Kier molecular flexibility index (Phi) is 20.5. The van der Waals surface area contributed by atoms with Gasteiger partial charge in [-0.05, 0) is 49.9 Å². The molecule has 0 rings (SSSR count). The van der Waals surface area contributed by atoms with E-state index in [9.17, 15) is 19.5 Å². The van der Waals surface area contributed by atoms with Gasteiger partial charge in [0.1, 0.15) is 12.1 Å². The number of amides is 2. The Balaban J connectivity index is 4.28. The van der Waals surface area contributed by atoms with Gasteiger partial charge in [0.15, 0.2) is 0 Å². The number of hydrogen-bond donors (Lipinski definition) is 3. The highest BCUT2D eigenvalue weighted by atomic mass is 32.2. The van der Waals surface area contributed by atoms with E-state index in [1.165, 1.54) is 75.6 Å². The van der Waals surface area contributed by atoms with Gasteiger partial charge in [-0.2, -0.15) is 11.8 Å². The van der Waals surface area contributed by atoms with Gasteiger partial charge in [-0.3, -0.25) is 9.59 Å². The highest BCUT2D eigenvalue weighted by Gasteiger charge is 2.26. The summed E-state index contributed by atoms with van der Waals surface area (Å²) in [5, 5.41) is 14.8. The topological polar surface area (TPSA) is 95.5 Å². The van der Waals surface area contributed by atoms with Gasteiger partial charge in [0, 0.05) is 18.4 Å². The molecule has 0 aliphatic carbocycles. The molecular weight excluding hydrogens is 496 g/mol. The van der Waals surface area contributed by atoms with Gasteiger partial charge in [-0.25, -0.2) is 4.79 Å². The van der Waals surface area contributed by atoms with Gasteiger partial charge in [-0.15, -0.1) is 0 Å². The lowest BCUT2D eigenvalue weighted by molar-refractivity contribution is -0.141. The smallest absolute Gasteiger partial charge is 0.327 e. The molecule has 0 spiro atoms. The third-order valence-electron chi connectivity index (χ3n) is 6.99. The summed E-state index contributed by atoms with van der Waals surface area (Å²) in [6.45, 7) is 16.8. The van der Waals surface area contributed by atoms with Crippen molar-refractivity contribution in [2.45, 2.75) is 132 Å². The molecule has 0 heterocycles. The second-order valence-corrected chi connectivity index (χ2v) is 13.3. The maximum Gasteiger partial charge on any atom is 0.327 e. The maximum atomic E-state index is 12.6. The number of nitrogens with one attached hydrogen (secondary N) is 2. The number of carbonyl (C=O) groups excluding carboxylic acids is 2. The highest BCUT2D eigenvalue weighted by Crippen LogP contribution is 2.22. The Labute approximate surface area is 237 Å². The molecule has 0 aliphatic rings. The van der Waals surface area contributed by atoms with Crippen molar-refractivity contribution in [3.8, 4) is 0 Å². The van der Waals surface area contributed by atoms with Crippen molar-refractivity contribution >= 4 is 29.5 Å². The Bertz CT molecular complexity index is 708. The van der Waals surface area contributed by atoms with Crippen molar-refractivity contribution in [3.63, 3.8) is 0 Å². The molecule has 0 aromatic carbocycles. The minimum Gasteiger partial charge on any atom is -0.480 e. The SMILES string of the molecule is CC(=O)NC(CC(C)C)C(=O)NC(CSC/C=C(\C)CCCC(C)CCCC(C)CCCC(C)C)C(=O)O. The molecule has 0 radical (unpaired) electrons. The van der Waals surface area contributed by atoms with Crippen LogP contribution in [0.5, 0.6) is 0 Å². The van der Waals surface area contributed by atoms with Crippen LogP contribution in [-0.2, 0) is 14.4 Å². The van der Waals surface area contributed by atoms with Crippen LogP contribution >= 0.6 is 11.8 Å². The number of aliphatic carboxylic acids is 1. The number of carboxylic acids is 1. The average molecular weight is 555 g/mol. The summed E-state index contributed by atoms with van der Waals surface area (Å²) in [5.41, 5.74) is 1.34. The lowest BCUT2D eigenvalue weighted by atomic mass is 9.91. The van der Waals surface area contributed by atoms with Crippen molar-refractivity contribution in [2.24, 2.45) is 23.7 Å². The summed E-state index contributed by atoms with van der Waals surface area (Å²) in [6.07, 6.45) is 14.2. The molecule has 3 N–H and O–H groups in total. The van der Waals surface area contributed by atoms with Crippen molar-refractivity contribution in [2.75, 3.05) is 11.5 Å². The van der Waals surface area contributed by atoms with Crippen molar-refractivity contribution < 1.29 is 19.5 Å². The molecular formula is C31H58N2O4S. The number of allylic oxidation sites excluding steroid dienone is 1. The number of carboxylic acid groups (broad SMARTS) is 1. The molecule has 4 atom stereocenters. The second kappa shape index (κ2) is 21.3. The summed E-state index contributed by atoms with van der Waals surface area (Å²) in [6, 6.07) is -1.70. The summed E-state index contributed by atoms with van der Waals surface area (Å²) in [5.74, 6) is 1.82. The maximum absolute atomic E-state index is 12.6. The first kappa shape index (κ1) is 36.5. The van der Waals surface area contributed by atoms with Crippen LogP contribution in [0.1, 0.15) is 120 Å². The third-order valence-corrected chi connectivity index (χ3v) is 7.96. The zero-order valence-electron chi connectivity index (χ0n) is 25.6. The monoisotopic (exact) mass is 554 g/mol. The van der Waals surface area contributed by atoms with E-state index in [-0.39, 0.29) is 17.6 Å². The van der Waals surface area contributed by atoms with E-state index < -0.39 is 24.0 Å². The average Bonchev–Trinajstić information content (AvgIpc) is 2.79. The number of thioether (sulfide) groups is 1. The van der Waals surface area contributed by atoms with Crippen LogP contribution in [0.15, 0.2) is 11.6 Å². The van der Waals surface area contributed by atoms with E-state index in [4.69, 9.17) is 0 Å². The molecule has 0 aromatic heterocycles. The zero-order chi connectivity index (χ0) is 29.1. The molecule has 0 saturated carbocycles. The molecule has 0 aliphatic heterocycles. The van der Waals surface area contributed by atoms with Crippen molar-refractivity contribution in [1.29, 1.82) is 0 Å². The van der Waals surface area contributed by atoms with Crippen LogP contribution < -0.4 is 10.6 Å². The van der Waals surface area contributed by atoms with Crippen molar-refractivity contribution in [1.82, 2.24) is 10.6 Å². The molecule has 38 heavy (non-hydrogen) atoms. The van der Waals surface area contributed by atoms with E-state index in [0.717, 1.165) is 29.9 Å². The summed E-state index contributed by atoms with van der Waals surface area (Å²) in [7, 11) is 0. The Morgan fingerprint density at radius 2 is 1.32 bits per heavy atom. The minimum absolute atomic E-state index is 0.194. The zero-order valence-corrected chi connectivity index (χ0v) is 26.4. The van der Waals surface area contributed by atoms with Crippen LogP contribution in [0.4, 0.5) is 0 Å². The molecule has 0 aromatic rings. The van der Waals surface area contributed by atoms with Crippen LogP contribution in [0.25, 0.3) is 0 Å². The van der Waals surface area contributed by atoms with Crippen molar-refractivity contribution in [3.05, 3.63) is 11.6 Å². The van der Waals surface area contributed by atoms with Gasteiger partial charge in [0.25, 0.3) is 0 Å². The number of carbonyl (C=O) groups is 3. The fourth-order valence-electron chi connectivity index (χ4n) is 4.59. The fraction of sp³-hybridized carbons (Fsp3) is 0.839. The first-order chi connectivity index (χ1) is 17.8. The molecule has 0 saturated heterocycles. The van der Waals surface area contributed by atoms with E-state index in [2.05, 4.69) is 51.3 Å².